The van der Waals surface area contributed by atoms with Gasteiger partial charge >= 0.3 is 0 Å². The van der Waals surface area contributed by atoms with Crippen molar-refractivity contribution in [3.8, 4) is 0 Å². The van der Waals surface area contributed by atoms with Gasteiger partial charge in [-0.1, -0.05) is 0 Å². The van der Waals surface area contributed by atoms with Gasteiger partial charge < -0.3 is 14.7 Å². The zero-order chi connectivity index (χ0) is 16.1. The van der Waals surface area contributed by atoms with E-state index >= 15 is 0 Å². The standard InChI is InChI=1S/C15H29N3OS/c1-13(2,3)18-11(19)15(6,10-14(18,4)5)17(9)12(20)16(7)8/h10H2,1-9H3. The number of likely N-dealkylation sites (N-methyl/N-ethyl adjacent to an activating group) is 1. The van der Waals surface area contributed by atoms with Gasteiger partial charge in [0.2, 0.25) is 5.91 Å². The van der Waals surface area contributed by atoms with Gasteiger partial charge in [0.25, 0.3) is 0 Å². The number of hydrogen-bond donors (Lipinski definition) is 0. The number of amides is 1. The maximum absolute atomic E-state index is 13.1. The molecule has 4 nitrogen and oxygen atoms in total. The Kier molecular flexibility index (Phi) is 4.19. The Hall–Kier alpha value is -0.840. The Labute approximate surface area is 129 Å². The lowest BCUT2D eigenvalue weighted by atomic mass is 9.89. The highest BCUT2D eigenvalue weighted by molar-refractivity contribution is 7.80. The third kappa shape index (κ3) is 2.65. The molecule has 0 saturated carbocycles. The summed E-state index contributed by atoms with van der Waals surface area (Å²) in [7, 11) is 5.74. The van der Waals surface area contributed by atoms with Gasteiger partial charge in [-0.05, 0) is 53.8 Å². The quantitative estimate of drug-likeness (QED) is 0.694. The minimum absolute atomic E-state index is 0.154. The van der Waals surface area contributed by atoms with Crippen LogP contribution in [0.5, 0.6) is 0 Å². The molecule has 1 amide bonds. The number of rotatable bonds is 1. The van der Waals surface area contributed by atoms with Crippen LogP contribution in [0.2, 0.25) is 0 Å². The lowest BCUT2D eigenvalue weighted by molar-refractivity contribution is -0.142. The predicted molar refractivity (Wildman–Crippen MR) is 87.7 cm³/mol. The highest BCUT2D eigenvalue weighted by Crippen LogP contribution is 2.43. The second-order valence-electron chi connectivity index (χ2n) is 7.81. The van der Waals surface area contributed by atoms with Crippen LogP contribution in [0.1, 0.15) is 48.0 Å². The van der Waals surface area contributed by atoms with Crippen LogP contribution in [0.25, 0.3) is 0 Å². The Bertz CT molecular complexity index is 425. The monoisotopic (exact) mass is 299 g/mol. The molecule has 0 spiro atoms. The van der Waals surface area contributed by atoms with Crippen LogP contribution in [-0.2, 0) is 4.79 Å². The normalized spacial score (nSPS) is 25.9. The fraction of sp³-hybridized carbons (Fsp3) is 0.867. The smallest absolute Gasteiger partial charge is 0.249 e. The van der Waals surface area contributed by atoms with Crippen LogP contribution in [0.15, 0.2) is 0 Å². The summed E-state index contributed by atoms with van der Waals surface area (Å²) in [5.41, 5.74) is -0.961. The molecule has 0 aromatic carbocycles. The third-order valence-electron chi connectivity index (χ3n) is 4.13. The van der Waals surface area contributed by atoms with Gasteiger partial charge in [0.1, 0.15) is 5.54 Å². The average molecular weight is 299 g/mol. The summed E-state index contributed by atoms with van der Waals surface area (Å²) in [5, 5.41) is 0.687. The Morgan fingerprint density at radius 3 is 1.95 bits per heavy atom. The Balaban J connectivity index is 3.23. The molecule has 20 heavy (non-hydrogen) atoms. The molecule has 1 atom stereocenters. The van der Waals surface area contributed by atoms with Crippen LogP contribution in [0.3, 0.4) is 0 Å². The fourth-order valence-corrected chi connectivity index (χ4v) is 3.70. The van der Waals surface area contributed by atoms with Crippen molar-refractivity contribution in [3.05, 3.63) is 0 Å². The van der Waals surface area contributed by atoms with Gasteiger partial charge in [0, 0.05) is 38.6 Å². The van der Waals surface area contributed by atoms with Crippen LogP contribution in [0.4, 0.5) is 0 Å². The summed E-state index contributed by atoms with van der Waals surface area (Å²) in [4.78, 5) is 18.9. The van der Waals surface area contributed by atoms with Crippen molar-refractivity contribution in [1.82, 2.24) is 14.7 Å². The van der Waals surface area contributed by atoms with Crippen molar-refractivity contribution in [2.24, 2.45) is 0 Å². The molecule has 0 radical (unpaired) electrons. The summed E-state index contributed by atoms with van der Waals surface area (Å²) in [6.45, 7) is 12.5. The largest absolute Gasteiger partial charge is 0.355 e. The molecule has 1 unspecified atom stereocenters. The highest BCUT2D eigenvalue weighted by Gasteiger charge is 2.58. The van der Waals surface area contributed by atoms with Crippen molar-refractivity contribution in [1.29, 1.82) is 0 Å². The number of nitrogens with zero attached hydrogens (tertiary/aromatic N) is 3. The predicted octanol–water partition coefficient (Wildman–Crippen LogP) is 2.33. The summed E-state index contributed by atoms with van der Waals surface area (Å²) in [6.07, 6.45) is 0.764. The second kappa shape index (κ2) is 4.86. The van der Waals surface area contributed by atoms with Crippen molar-refractivity contribution >= 4 is 23.2 Å². The van der Waals surface area contributed by atoms with Crippen molar-refractivity contribution in [2.75, 3.05) is 21.1 Å². The SMILES string of the molecule is CN(C)C(=S)N(C)C1(C)CC(C)(C)N(C(C)(C)C)C1=O. The van der Waals surface area contributed by atoms with E-state index < -0.39 is 5.54 Å². The first-order valence-electron chi connectivity index (χ1n) is 7.05. The number of likely N-dealkylation sites (tertiary alicyclic amines) is 1. The molecular weight excluding hydrogens is 270 g/mol. The maximum atomic E-state index is 13.1. The number of carbonyl (C=O) groups excluding carboxylic acids is 1. The van der Waals surface area contributed by atoms with E-state index in [1.807, 2.05) is 42.8 Å². The first-order chi connectivity index (χ1) is 8.75. The fourth-order valence-electron chi connectivity index (χ4n) is 3.50. The first kappa shape index (κ1) is 17.2. The zero-order valence-electron chi connectivity index (χ0n) is 14.4. The number of thiocarbonyl (C=S) groups is 1. The second-order valence-corrected chi connectivity index (χ2v) is 8.18. The van der Waals surface area contributed by atoms with Crippen LogP contribution < -0.4 is 0 Å². The minimum atomic E-state index is -0.585. The molecule has 1 rings (SSSR count). The van der Waals surface area contributed by atoms with E-state index in [2.05, 4.69) is 34.6 Å². The Morgan fingerprint density at radius 2 is 1.65 bits per heavy atom. The summed E-state index contributed by atoms with van der Waals surface area (Å²) >= 11 is 5.45. The van der Waals surface area contributed by atoms with E-state index in [1.165, 1.54) is 0 Å². The zero-order valence-corrected chi connectivity index (χ0v) is 15.2. The molecule has 5 heteroatoms. The van der Waals surface area contributed by atoms with E-state index in [1.54, 1.807) is 0 Å². The average Bonchev–Trinajstić information content (AvgIpc) is 2.42. The molecule has 1 aliphatic rings. The van der Waals surface area contributed by atoms with Gasteiger partial charge in [0.15, 0.2) is 5.11 Å². The molecule has 0 aromatic rings. The number of carbonyl (C=O) groups is 1. The van der Waals surface area contributed by atoms with E-state index in [-0.39, 0.29) is 17.0 Å². The minimum Gasteiger partial charge on any atom is -0.355 e. The van der Waals surface area contributed by atoms with Crippen molar-refractivity contribution < 1.29 is 4.79 Å². The molecular formula is C15H29N3OS. The lowest BCUT2D eigenvalue weighted by Crippen LogP contribution is -2.57. The first-order valence-corrected chi connectivity index (χ1v) is 7.46. The topological polar surface area (TPSA) is 26.8 Å². The summed E-state index contributed by atoms with van der Waals surface area (Å²) < 4.78 is 0. The van der Waals surface area contributed by atoms with Gasteiger partial charge in [-0.2, -0.15) is 0 Å². The molecule has 1 heterocycles. The van der Waals surface area contributed by atoms with Gasteiger partial charge in [-0.3, -0.25) is 4.79 Å². The van der Waals surface area contributed by atoms with Gasteiger partial charge in [0.05, 0.1) is 0 Å². The lowest BCUT2D eigenvalue weighted by Gasteiger charge is -2.42. The van der Waals surface area contributed by atoms with E-state index in [0.29, 0.717) is 5.11 Å². The van der Waals surface area contributed by atoms with Gasteiger partial charge in [-0.15, -0.1) is 0 Å². The van der Waals surface area contributed by atoms with Crippen molar-refractivity contribution in [2.45, 2.75) is 64.6 Å². The summed E-state index contributed by atoms with van der Waals surface area (Å²) in [6, 6.07) is 0. The molecule has 116 valence electrons. The Morgan fingerprint density at radius 1 is 1.20 bits per heavy atom. The van der Waals surface area contributed by atoms with E-state index in [9.17, 15) is 4.79 Å². The van der Waals surface area contributed by atoms with Crippen LogP contribution >= 0.6 is 12.2 Å². The molecule has 1 saturated heterocycles. The molecule has 0 aromatic heterocycles. The van der Waals surface area contributed by atoms with Crippen LogP contribution in [0, 0.1) is 0 Å². The number of hydrogen-bond acceptors (Lipinski definition) is 2. The highest BCUT2D eigenvalue weighted by atomic mass is 32.1. The van der Waals surface area contributed by atoms with E-state index in [4.69, 9.17) is 12.2 Å². The summed E-state index contributed by atoms with van der Waals surface area (Å²) in [5.74, 6) is 0.154. The molecule has 0 aliphatic carbocycles. The van der Waals surface area contributed by atoms with Gasteiger partial charge in [-0.25, -0.2) is 0 Å². The van der Waals surface area contributed by atoms with E-state index in [0.717, 1.165) is 6.42 Å². The third-order valence-corrected chi connectivity index (χ3v) is 4.77. The molecule has 1 fully saturated rings. The molecule has 0 bridgehead atoms. The maximum Gasteiger partial charge on any atom is 0.249 e. The molecule has 1 aliphatic heterocycles. The molecule has 0 N–H and O–H groups in total. The van der Waals surface area contributed by atoms with Crippen LogP contribution in [-0.4, -0.2) is 63.5 Å². The van der Waals surface area contributed by atoms with Crippen molar-refractivity contribution in [3.63, 3.8) is 0 Å².